The lowest BCUT2D eigenvalue weighted by molar-refractivity contribution is 0.0744. The van der Waals surface area contributed by atoms with Crippen LogP contribution >= 0.6 is 11.6 Å². The third-order valence-corrected chi connectivity index (χ3v) is 4.65. The van der Waals surface area contributed by atoms with E-state index in [1.165, 1.54) is 0 Å². The number of pyridine rings is 1. The van der Waals surface area contributed by atoms with Gasteiger partial charge in [0.25, 0.3) is 0 Å². The number of benzene rings is 2. The third kappa shape index (κ3) is 2.65. The molecule has 0 aliphatic carbocycles. The summed E-state index contributed by atoms with van der Waals surface area (Å²) in [4.78, 5) is 17.3. The number of carbonyl (C=O) groups is 1. The number of nitrogens with zero attached hydrogens (tertiary/aromatic N) is 1. The van der Waals surface area contributed by atoms with Crippen molar-refractivity contribution in [2.45, 2.75) is 25.4 Å². The summed E-state index contributed by atoms with van der Waals surface area (Å²) >= 11 is 6.05. The van der Waals surface area contributed by atoms with E-state index in [0.29, 0.717) is 23.4 Å². The minimum absolute atomic E-state index is 0.0423. The number of halogens is 1. The van der Waals surface area contributed by atoms with Crippen LogP contribution < -0.4 is 4.74 Å². The average Bonchev–Trinajstić information content (AvgIpc) is 2.89. The maximum Gasteiger partial charge on any atom is 0.169 e. The molecule has 4 heteroatoms. The smallest absolute Gasteiger partial charge is 0.169 e. The van der Waals surface area contributed by atoms with Gasteiger partial charge in [0.2, 0.25) is 0 Å². The van der Waals surface area contributed by atoms with E-state index in [-0.39, 0.29) is 5.78 Å². The van der Waals surface area contributed by atoms with Gasteiger partial charge in [0, 0.05) is 28.6 Å². The van der Waals surface area contributed by atoms with Crippen molar-refractivity contribution in [2.75, 3.05) is 0 Å². The zero-order valence-electron chi connectivity index (χ0n) is 13.3. The van der Waals surface area contributed by atoms with Crippen molar-refractivity contribution >= 4 is 28.3 Å². The molecule has 0 bridgehead atoms. The summed E-state index contributed by atoms with van der Waals surface area (Å²) in [5, 5.41) is 1.65. The maximum atomic E-state index is 12.9. The van der Waals surface area contributed by atoms with E-state index in [0.717, 1.165) is 22.2 Å². The summed E-state index contributed by atoms with van der Waals surface area (Å²) in [5.41, 5.74) is 1.88. The molecule has 0 radical (unpaired) electrons. The Morgan fingerprint density at radius 2 is 2.08 bits per heavy atom. The normalized spacial score (nSPS) is 19.1. The summed E-state index contributed by atoms with van der Waals surface area (Å²) in [7, 11) is 0. The lowest BCUT2D eigenvalue weighted by atomic mass is 9.90. The molecule has 2 aromatic carbocycles. The summed E-state index contributed by atoms with van der Waals surface area (Å²) in [6, 6.07) is 15.1. The molecule has 3 nitrogen and oxygen atoms in total. The topological polar surface area (TPSA) is 39.2 Å². The number of aromatic nitrogens is 1. The van der Waals surface area contributed by atoms with Gasteiger partial charge >= 0.3 is 0 Å². The molecule has 4 rings (SSSR count). The number of carbonyl (C=O) groups excluding carboxylic acids is 1. The van der Waals surface area contributed by atoms with Crippen LogP contribution in [0.3, 0.4) is 0 Å². The molecule has 0 amide bonds. The molecular weight excluding hydrogens is 322 g/mol. The second kappa shape index (κ2) is 5.60. The van der Waals surface area contributed by atoms with Gasteiger partial charge in [-0.3, -0.25) is 9.78 Å². The fourth-order valence-corrected chi connectivity index (χ4v) is 3.55. The third-order valence-electron chi connectivity index (χ3n) is 4.41. The average molecular weight is 338 g/mol. The molecule has 1 unspecified atom stereocenters. The van der Waals surface area contributed by atoms with Crippen molar-refractivity contribution in [1.29, 1.82) is 0 Å². The first-order valence-corrected chi connectivity index (χ1v) is 8.26. The Labute approximate surface area is 145 Å². The molecule has 1 aromatic heterocycles. The zero-order valence-corrected chi connectivity index (χ0v) is 14.0. The molecule has 0 fully saturated rings. The van der Waals surface area contributed by atoms with E-state index in [1.54, 1.807) is 6.20 Å². The highest BCUT2D eigenvalue weighted by atomic mass is 35.5. The first kappa shape index (κ1) is 15.2. The van der Waals surface area contributed by atoms with E-state index in [4.69, 9.17) is 16.3 Å². The van der Waals surface area contributed by atoms with Gasteiger partial charge in [0.1, 0.15) is 11.4 Å². The van der Waals surface area contributed by atoms with Crippen molar-refractivity contribution in [3.05, 3.63) is 70.9 Å². The van der Waals surface area contributed by atoms with Crippen molar-refractivity contribution in [3.63, 3.8) is 0 Å². The van der Waals surface area contributed by atoms with Crippen molar-refractivity contribution in [1.82, 2.24) is 4.98 Å². The maximum absolute atomic E-state index is 12.9. The SMILES string of the molecule is CC1(CC(=O)c2cccc3cccnc23)Cc2cc(Cl)ccc2O1. The van der Waals surface area contributed by atoms with Crippen molar-refractivity contribution in [3.8, 4) is 5.75 Å². The Morgan fingerprint density at radius 1 is 1.25 bits per heavy atom. The molecular formula is C20H16ClNO2. The van der Waals surface area contributed by atoms with Crippen LogP contribution in [0.15, 0.2) is 54.7 Å². The van der Waals surface area contributed by atoms with Crippen molar-refractivity contribution in [2.24, 2.45) is 0 Å². The predicted octanol–water partition coefficient (Wildman–Crippen LogP) is 4.85. The Kier molecular flexibility index (Phi) is 3.54. The number of Topliss-reactive ketones (excluding diaryl/α,β-unsaturated/α-hetero) is 1. The Balaban J connectivity index is 1.62. The largest absolute Gasteiger partial charge is 0.486 e. The van der Waals surface area contributed by atoms with E-state index < -0.39 is 5.60 Å². The molecule has 0 saturated carbocycles. The van der Waals surface area contributed by atoms with Crippen LogP contribution in [0, 0.1) is 0 Å². The van der Waals surface area contributed by atoms with Gasteiger partial charge in [-0.2, -0.15) is 0 Å². The van der Waals surface area contributed by atoms with Crippen LogP contribution in [0.4, 0.5) is 0 Å². The summed E-state index contributed by atoms with van der Waals surface area (Å²) in [6.07, 6.45) is 2.69. The predicted molar refractivity (Wildman–Crippen MR) is 94.9 cm³/mol. The van der Waals surface area contributed by atoms with Gasteiger partial charge in [-0.05, 0) is 42.8 Å². The minimum atomic E-state index is -0.555. The molecule has 1 atom stereocenters. The Hall–Kier alpha value is -2.39. The van der Waals surface area contributed by atoms with Crippen LogP contribution in [0.5, 0.6) is 5.75 Å². The lowest BCUT2D eigenvalue weighted by Gasteiger charge is -2.23. The Bertz CT molecular complexity index is 948. The fourth-order valence-electron chi connectivity index (χ4n) is 3.35. The first-order valence-electron chi connectivity index (χ1n) is 7.88. The second-order valence-corrected chi connectivity index (χ2v) is 6.90. The number of para-hydroxylation sites is 1. The second-order valence-electron chi connectivity index (χ2n) is 6.46. The Morgan fingerprint density at radius 3 is 2.96 bits per heavy atom. The number of fused-ring (bicyclic) bond motifs is 2. The van der Waals surface area contributed by atoms with E-state index in [2.05, 4.69) is 4.98 Å². The van der Waals surface area contributed by atoms with Crippen LogP contribution in [0.25, 0.3) is 10.9 Å². The molecule has 0 N–H and O–H groups in total. The molecule has 0 saturated heterocycles. The van der Waals surface area contributed by atoms with Crippen LogP contribution in [-0.4, -0.2) is 16.4 Å². The molecule has 3 aromatic rings. The van der Waals surface area contributed by atoms with E-state index in [1.807, 2.05) is 55.5 Å². The summed E-state index contributed by atoms with van der Waals surface area (Å²) < 4.78 is 6.05. The number of rotatable bonds is 3. The van der Waals surface area contributed by atoms with Gasteiger partial charge in [0.15, 0.2) is 5.78 Å². The molecule has 1 aliphatic rings. The number of ketones is 1. The van der Waals surface area contributed by atoms with E-state index >= 15 is 0 Å². The van der Waals surface area contributed by atoms with Crippen LogP contribution in [0.2, 0.25) is 5.02 Å². The highest BCUT2D eigenvalue weighted by Crippen LogP contribution is 2.39. The van der Waals surface area contributed by atoms with Gasteiger partial charge in [-0.1, -0.05) is 29.8 Å². The first-order chi connectivity index (χ1) is 11.5. The standard InChI is InChI=1S/C20H16ClNO2/c1-20(11-14-10-15(21)7-8-18(14)24-20)12-17(23)16-6-2-4-13-5-3-9-22-19(13)16/h2-10H,11-12H2,1H3. The van der Waals surface area contributed by atoms with E-state index in [9.17, 15) is 4.79 Å². The molecule has 1 aliphatic heterocycles. The molecule has 120 valence electrons. The van der Waals surface area contributed by atoms with Gasteiger partial charge in [-0.25, -0.2) is 0 Å². The van der Waals surface area contributed by atoms with Crippen LogP contribution in [0.1, 0.15) is 29.3 Å². The van der Waals surface area contributed by atoms with Gasteiger partial charge < -0.3 is 4.74 Å². The summed E-state index contributed by atoms with van der Waals surface area (Å²) in [6.45, 7) is 1.97. The number of hydrogen-bond donors (Lipinski definition) is 0. The monoisotopic (exact) mass is 337 g/mol. The quantitative estimate of drug-likeness (QED) is 0.641. The highest BCUT2D eigenvalue weighted by molar-refractivity contribution is 6.30. The van der Waals surface area contributed by atoms with Crippen LogP contribution in [-0.2, 0) is 6.42 Å². The van der Waals surface area contributed by atoms with Gasteiger partial charge in [-0.15, -0.1) is 0 Å². The van der Waals surface area contributed by atoms with Gasteiger partial charge in [0.05, 0.1) is 11.9 Å². The number of ether oxygens (including phenoxy) is 1. The molecule has 0 spiro atoms. The fraction of sp³-hybridized carbons (Fsp3) is 0.200. The minimum Gasteiger partial charge on any atom is -0.486 e. The highest BCUT2D eigenvalue weighted by Gasteiger charge is 2.37. The zero-order chi connectivity index (χ0) is 16.7. The molecule has 24 heavy (non-hydrogen) atoms. The number of hydrogen-bond acceptors (Lipinski definition) is 3. The lowest BCUT2D eigenvalue weighted by Crippen LogP contribution is -2.33. The van der Waals surface area contributed by atoms with Crippen molar-refractivity contribution < 1.29 is 9.53 Å². The molecule has 2 heterocycles. The summed E-state index contributed by atoms with van der Waals surface area (Å²) in [5.74, 6) is 0.853.